The van der Waals surface area contributed by atoms with E-state index >= 15 is 0 Å². The van der Waals surface area contributed by atoms with E-state index in [0.717, 1.165) is 0 Å². The summed E-state index contributed by atoms with van der Waals surface area (Å²) in [5.41, 5.74) is 1.16. The summed E-state index contributed by atoms with van der Waals surface area (Å²) < 4.78 is 5.36. The molecule has 5 nitrogen and oxygen atoms in total. The number of Topliss-reactive ketones (excluding diaryl/α,β-unsaturated/α-hetero) is 1. The zero-order chi connectivity index (χ0) is 11.0. The lowest BCUT2D eigenvalue weighted by molar-refractivity contribution is -0.114. The minimum absolute atomic E-state index is 0.131. The summed E-state index contributed by atoms with van der Waals surface area (Å²) in [4.78, 5) is 22.4. The number of carbonyl (C=O) groups excluding carboxylic acids is 2. The quantitative estimate of drug-likeness (QED) is 0.591. The van der Waals surface area contributed by atoms with Gasteiger partial charge in [0.05, 0.1) is 6.54 Å². The summed E-state index contributed by atoms with van der Waals surface area (Å²) in [7, 11) is 0. The van der Waals surface area contributed by atoms with Crippen LogP contribution < -0.4 is 10.6 Å². The minimum Gasteiger partial charge on any atom is -0.442 e. The Kier molecular flexibility index (Phi) is 2.44. The van der Waals surface area contributed by atoms with Crippen molar-refractivity contribution < 1.29 is 14.0 Å². The van der Waals surface area contributed by atoms with Crippen LogP contribution in [0.25, 0.3) is 0 Å². The highest BCUT2D eigenvalue weighted by molar-refractivity contribution is 7.98. The zero-order valence-electron chi connectivity index (χ0n) is 8.34. The molecule has 0 aromatic carbocycles. The number of ketones is 1. The molecule has 80 valence electrons. The molecule has 15 heavy (non-hydrogen) atoms. The van der Waals surface area contributed by atoms with Gasteiger partial charge < -0.3 is 15.1 Å². The van der Waals surface area contributed by atoms with Gasteiger partial charge in [0.15, 0.2) is 16.6 Å². The Bertz CT molecular complexity index is 439. The number of carbonyl (C=O) groups is 2. The van der Waals surface area contributed by atoms with Crippen molar-refractivity contribution in [3.05, 3.63) is 5.76 Å². The number of hydrogen-bond donors (Lipinski definition) is 2. The van der Waals surface area contributed by atoms with E-state index in [1.807, 2.05) is 6.26 Å². The largest absolute Gasteiger partial charge is 0.442 e. The summed E-state index contributed by atoms with van der Waals surface area (Å²) in [5, 5.41) is 6.12. The highest BCUT2D eigenvalue weighted by atomic mass is 32.2. The van der Waals surface area contributed by atoms with Gasteiger partial charge in [-0.1, -0.05) is 11.8 Å². The SMILES string of the molecule is CSc1oc(C(C)=O)c2c1NC(=O)CN2. The molecule has 1 aliphatic rings. The molecule has 1 aromatic heterocycles. The molecule has 0 unspecified atom stereocenters. The molecule has 0 radical (unpaired) electrons. The first kappa shape index (κ1) is 10.1. The lowest BCUT2D eigenvalue weighted by Gasteiger charge is -2.14. The van der Waals surface area contributed by atoms with E-state index in [0.29, 0.717) is 16.5 Å². The van der Waals surface area contributed by atoms with Crippen LogP contribution in [0.2, 0.25) is 0 Å². The van der Waals surface area contributed by atoms with Gasteiger partial charge in [-0.05, 0) is 6.26 Å². The number of rotatable bonds is 2. The summed E-state index contributed by atoms with van der Waals surface area (Å²) in [6.07, 6.45) is 1.82. The van der Waals surface area contributed by atoms with Crippen LogP contribution >= 0.6 is 11.8 Å². The molecular weight excluding hydrogens is 216 g/mol. The average molecular weight is 226 g/mol. The predicted molar refractivity (Wildman–Crippen MR) is 57.6 cm³/mol. The molecule has 2 heterocycles. The first-order chi connectivity index (χ1) is 7.13. The Morgan fingerprint density at radius 1 is 1.47 bits per heavy atom. The molecule has 0 saturated heterocycles. The maximum Gasteiger partial charge on any atom is 0.243 e. The number of fused-ring (bicyclic) bond motifs is 1. The van der Waals surface area contributed by atoms with Crippen molar-refractivity contribution in [1.29, 1.82) is 0 Å². The number of amides is 1. The fourth-order valence-electron chi connectivity index (χ4n) is 1.44. The first-order valence-electron chi connectivity index (χ1n) is 4.39. The Labute approximate surface area is 90.6 Å². The molecule has 1 amide bonds. The van der Waals surface area contributed by atoms with E-state index in [1.54, 1.807) is 0 Å². The summed E-state index contributed by atoms with van der Waals surface area (Å²) in [5.74, 6) is -0.0155. The third-order valence-corrected chi connectivity index (χ3v) is 2.73. The average Bonchev–Trinajstić information content (AvgIpc) is 2.55. The molecule has 0 saturated carbocycles. The second kappa shape index (κ2) is 3.62. The van der Waals surface area contributed by atoms with Gasteiger partial charge in [0, 0.05) is 6.92 Å². The van der Waals surface area contributed by atoms with Crippen LogP contribution in [0, 0.1) is 0 Å². The molecule has 0 spiro atoms. The van der Waals surface area contributed by atoms with Crippen molar-refractivity contribution in [2.75, 3.05) is 23.4 Å². The number of thioether (sulfide) groups is 1. The van der Waals surface area contributed by atoms with Crippen molar-refractivity contribution >= 4 is 34.8 Å². The predicted octanol–water partition coefficient (Wildman–Crippen LogP) is 1.57. The van der Waals surface area contributed by atoms with E-state index in [1.165, 1.54) is 18.7 Å². The van der Waals surface area contributed by atoms with E-state index in [-0.39, 0.29) is 24.0 Å². The lowest BCUT2D eigenvalue weighted by atomic mass is 10.2. The molecule has 1 aromatic rings. The van der Waals surface area contributed by atoms with Crippen LogP contribution in [0.15, 0.2) is 9.51 Å². The number of furan rings is 1. The van der Waals surface area contributed by atoms with Crippen LogP contribution in [-0.2, 0) is 4.79 Å². The van der Waals surface area contributed by atoms with Crippen molar-refractivity contribution in [3.63, 3.8) is 0 Å². The second-order valence-electron chi connectivity index (χ2n) is 3.13. The summed E-state index contributed by atoms with van der Waals surface area (Å²) in [6, 6.07) is 0. The van der Waals surface area contributed by atoms with Crippen LogP contribution in [0.5, 0.6) is 0 Å². The number of anilines is 2. The van der Waals surface area contributed by atoms with Gasteiger partial charge >= 0.3 is 0 Å². The van der Waals surface area contributed by atoms with Gasteiger partial charge in [-0.25, -0.2) is 0 Å². The minimum atomic E-state index is -0.157. The van der Waals surface area contributed by atoms with Crippen LogP contribution in [0.3, 0.4) is 0 Å². The van der Waals surface area contributed by atoms with Gasteiger partial charge in [-0.2, -0.15) is 0 Å². The Hall–Kier alpha value is -1.43. The van der Waals surface area contributed by atoms with Gasteiger partial charge in [-0.15, -0.1) is 0 Å². The van der Waals surface area contributed by atoms with Gasteiger partial charge in [-0.3, -0.25) is 9.59 Å². The van der Waals surface area contributed by atoms with Crippen LogP contribution in [0.1, 0.15) is 17.5 Å². The highest BCUT2D eigenvalue weighted by Crippen LogP contribution is 2.40. The Balaban J connectivity index is 2.54. The van der Waals surface area contributed by atoms with Gasteiger partial charge in [0.2, 0.25) is 5.91 Å². The fraction of sp³-hybridized carbons (Fsp3) is 0.333. The molecule has 6 heteroatoms. The highest BCUT2D eigenvalue weighted by Gasteiger charge is 2.27. The summed E-state index contributed by atoms with van der Waals surface area (Å²) in [6.45, 7) is 1.60. The number of hydrogen-bond acceptors (Lipinski definition) is 5. The maximum atomic E-state index is 11.3. The van der Waals surface area contributed by atoms with E-state index < -0.39 is 0 Å². The molecule has 1 aliphatic heterocycles. The van der Waals surface area contributed by atoms with E-state index in [4.69, 9.17) is 4.42 Å². The third kappa shape index (κ3) is 1.61. The van der Waals surface area contributed by atoms with E-state index in [2.05, 4.69) is 10.6 Å². The molecule has 2 rings (SSSR count). The molecular formula is C9H10N2O3S. The maximum absolute atomic E-state index is 11.3. The van der Waals surface area contributed by atoms with Gasteiger partial charge in [0.1, 0.15) is 11.4 Å². The molecule has 2 N–H and O–H groups in total. The first-order valence-corrected chi connectivity index (χ1v) is 5.61. The topological polar surface area (TPSA) is 71.3 Å². The third-order valence-electron chi connectivity index (χ3n) is 2.07. The molecule has 0 aliphatic carbocycles. The molecule has 0 fully saturated rings. The number of nitrogens with one attached hydrogen (secondary N) is 2. The lowest BCUT2D eigenvalue weighted by Crippen LogP contribution is -2.27. The van der Waals surface area contributed by atoms with E-state index in [9.17, 15) is 9.59 Å². The van der Waals surface area contributed by atoms with Crippen molar-refractivity contribution in [3.8, 4) is 0 Å². The zero-order valence-corrected chi connectivity index (χ0v) is 9.16. The second-order valence-corrected chi connectivity index (χ2v) is 3.91. The Morgan fingerprint density at radius 3 is 2.80 bits per heavy atom. The normalized spacial score (nSPS) is 14.1. The van der Waals surface area contributed by atoms with Crippen LogP contribution in [-0.4, -0.2) is 24.5 Å². The molecule has 0 atom stereocenters. The van der Waals surface area contributed by atoms with Crippen molar-refractivity contribution in [2.45, 2.75) is 12.0 Å². The van der Waals surface area contributed by atoms with Crippen molar-refractivity contribution in [1.82, 2.24) is 0 Å². The van der Waals surface area contributed by atoms with Crippen LogP contribution in [0.4, 0.5) is 11.4 Å². The van der Waals surface area contributed by atoms with Gasteiger partial charge in [0.25, 0.3) is 0 Å². The summed E-state index contributed by atoms with van der Waals surface area (Å²) >= 11 is 1.35. The smallest absolute Gasteiger partial charge is 0.243 e. The standard InChI is InChI=1S/C9H10N2O3S/c1-4(12)8-6-7(9(14-8)15-2)11-5(13)3-10-6/h10H,3H2,1-2H3,(H,11,13). The van der Waals surface area contributed by atoms with Crippen molar-refractivity contribution in [2.24, 2.45) is 0 Å². The monoisotopic (exact) mass is 226 g/mol. The fourth-order valence-corrected chi connectivity index (χ4v) is 1.96. The Morgan fingerprint density at radius 2 is 2.20 bits per heavy atom. The molecule has 0 bridgehead atoms.